The summed E-state index contributed by atoms with van der Waals surface area (Å²) in [6.07, 6.45) is 27.9. The van der Waals surface area contributed by atoms with Gasteiger partial charge in [-0.15, -0.1) is 4.48 Å². The van der Waals surface area contributed by atoms with Gasteiger partial charge in [0.05, 0.1) is 12.4 Å². The Morgan fingerprint density at radius 1 is 0.632 bits per heavy atom. The minimum atomic E-state index is -1.92. The number of ether oxygens (including phenoxy) is 3. The van der Waals surface area contributed by atoms with Crippen molar-refractivity contribution in [1.82, 2.24) is 19.9 Å². The average molecular weight is 1080 g/mol. The third kappa shape index (κ3) is 29.1. The molecule has 426 valence electrons. The van der Waals surface area contributed by atoms with Crippen molar-refractivity contribution in [3.8, 4) is 11.5 Å². The van der Waals surface area contributed by atoms with Crippen molar-refractivity contribution in [2.75, 3.05) is 59.8 Å². The quantitative estimate of drug-likeness (QED) is 0.0417. The zero-order valence-electron chi connectivity index (χ0n) is 47.7. The van der Waals surface area contributed by atoms with E-state index < -0.39 is 20.5 Å². The molecule has 3 aliphatic heterocycles. The SMILES string of the molecule is C1CCOC1.CC(C)(C)[Si](C)(C)Oc1ccc(NC(=O)OC2CCN(c3ccccn3)CC2)nc1.CCCCCCCC.CCCCCCCC.NF.O=C(Nc1ccc(O)cn1)OC1CCN(c2ccccn2)CC1. The first-order chi connectivity index (χ1) is 36.7. The summed E-state index contributed by atoms with van der Waals surface area (Å²) in [5.74, 6) is 6.48. The first-order valence-corrected chi connectivity index (χ1v) is 31.0. The molecule has 18 heteroatoms. The van der Waals surface area contributed by atoms with Gasteiger partial charge in [-0.3, -0.25) is 10.6 Å². The number of carbonyl (C=O) groups excluding carboxylic acids is 2. The molecule has 5 N–H and O–H groups in total. The van der Waals surface area contributed by atoms with Crippen LogP contribution in [0.1, 0.15) is 164 Å². The summed E-state index contributed by atoms with van der Waals surface area (Å²) in [5.41, 5.74) is 0. The normalized spacial score (nSPS) is 14.5. The maximum Gasteiger partial charge on any atom is 0.413 e. The lowest BCUT2D eigenvalue weighted by Crippen LogP contribution is -2.43. The first-order valence-electron chi connectivity index (χ1n) is 28.0. The van der Waals surface area contributed by atoms with Crippen molar-refractivity contribution in [2.45, 2.75) is 194 Å². The Bertz CT molecular complexity index is 2010. The van der Waals surface area contributed by atoms with Crippen LogP contribution in [0.25, 0.3) is 0 Å². The predicted molar refractivity (Wildman–Crippen MR) is 311 cm³/mol. The standard InChI is InChI=1S/C22H32N4O3Si.C16H18N4O3.2C8H18.C4H8O.FH2N/c1-22(2,3)30(4,5)29-18-9-10-19(24-16-18)25-21(27)28-17-11-14-26(15-12-17)20-8-6-7-13-23-20;21-12-4-5-14(18-11-12)19-16(22)23-13-6-9-20(10-7-13)15-3-1-2-8-17-15;2*1-3-5-7-8-6-4-2;1-2-4-5-3-1;1-2/h6-10,13,16-17H,11-12,14-15H2,1-5H3,(H,24,25,27);1-5,8,11,13,21H,6-7,9-10H2,(H,18,19,22);2*3-8H2,1-2H3;1-4H2;2H2. The minimum absolute atomic E-state index is 0.0470. The number of halogens is 1. The van der Waals surface area contributed by atoms with E-state index >= 15 is 0 Å². The summed E-state index contributed by atoms with van der Waals surface area (Å²) in [6.45, 7) is 25.2. The van der Waals surface area contributed by atoms with Crippen molar-refractivity contribution in [3.05, 3.63) is 85.5 Å². The van der Waals surface area contributed by atoms with Crippen LogP contribution >= 0.6 is 0 Å². The second-order valence-electron chi connectivity index (χ2n) is 20.6. The number of hydrogen-bond acceptors (Lipinski definition) is 14. The second-order valence-corrected chi connectivity index (χ2v) is 25.3. The van der Waals surface area contributed by atoms with Gasteiger partial charge >= 0.3 is 12.2 Å². The average Bonchev–Trinajstić information content (AvgIpc) is 4.03. The summed E-state index contributed by atoms with van der Waals surface area (Å²) >= 11 is 0. The van der Waals surface area contributed by atoms with Gasteiger partial charge in [0.2, 0.25) is 0 Å². The van der Waals surface area contributed by atoms with E-state index in [1.165, 1.54) is 108 Å². The largest absolute Gasteiger partial charge is 0.542 e. The van der Waals surface area contributed by atoms with Gasteiger partial charge in [0.25, 0.3) is 8.32 Å². The summed E-state index contributed by atoms with van der Waals surface area (Å²) in [6, 6.07) is 18.3. The first kappa shape index (κ1) is 66.5. The van der Waals surface area contributed by atoms with E-state index in [2.05, 4.69) is 108 Å². The Hall–Kier alpha value is -5.59. The number of hydrogen-bond donors (Lipinski definition) is 4. The molecule has 0 aromatic carbocycles. The summed E-state index contributed by atoms with van der Waals surface area (Å²) in [4.78, 5) is 45.4. The number of nitrogens with one attached hydrogen (secondary N) is 2. The maximum atomic E-state index is 12.3. The third-order valence-corrected chi connectivity index (χ3v) is 17.6. The molecule has 0 saturated carbocycles. The van der Waals surface area contributed by atoms with Crippen molar-refractivity contribution in [1.29, 1.82) is 0 Å². The molecule has 0 aliphatic carbocycles. The van der Waals surface area contributed by atoms with Gasteiger partial charge in [-0.1, -0.05) is 138 Å². The lowest BCUT2D eigenvalue weighted by atomic mass is 10.1. The van der Waals surface area contributed by atoms with Crippen LogP contribution in [0, 0.1) is 0 Å². The van der Waals surface area contributed by atoms with Crippen LogP contribution < -0.4 is 30.8 Å². The van der Waals surface area contributed by atoms with Crippen LogP contribution in [-0.4, -0.2) is 97.1 Å². The molecule has 2 amide bonds. The molecule has 7 heterocycles. The smallest absolute Gasteiger partial charge is 0.413 e. The lowest BCUT2D eigenvalue weighted by Gasteiger charge is -2.36. The molecule has 4 aromatic rings. The molecule has 0 unspecified atom stereocenters. The van der Waals surface area contributed by atoms with Gasteiger partial charge < -0.3 is 33.5 Å². The van der Waals surface area contributed by atoms with E-state index in [-0.39, 0.29) is 23.0 Å². The van der Waals surface area contributed by atoms with Crippen LogP contribution in [0.5, 0.6) is 11.5 Å². The Morgan fingerprint density at radius 3 is 1.34 bits per heavy atom. The van der Waals surface area contributed by atoms with Crippen LogP contribution in [0.4, 0.5) is 37.3 Å². The van der Waals surface area contributed by atoms with E-state index in [0.29, 0.717) is 11.6 Å². The molecule has 7 rings (SSSR count). The van der Waals surface area contributed by atoms with Crippen LogP contribution in [0.15, 0.2) is 85.5 Å². The number of piperidine rings is 2. The molecule has 3 aliphatic rings. The fraction of sp³-hybridized carbons (Fsp3) is 0.621. The monoisotopic (exact) mass is 1080 g/mol. The molecule has 76 heavy (non-hydrogen) atoms. The number of aromatic nitrogens is 4. The summed E-state index contributed by atoms with van der Waals surface area (Å²) in [5, 5.41) is 14.5. The van der Waals surface area contributed by atoms with Gasteiger partial charge in [0, 0.05) is 77.5 Å². The minimum Gasteiger partial charge on any atom is -0.542 e. The van der Waals surface area contributed by atoms with Gasteiger partial charge in [0.15, 0.2) is 0 Å². The second kappa shape index (κ2) is 39.7. The van der Waals surface area contributed by atoms with Gasteiger partial charge in [-0.2, -0.15) is 5.96 Å². The van der Waals surface area contributed by atoms with Crippen molar-refractivity contribution in [2.24, 2.45) is 5.96 Å². The number of aromatic hydroxyl groups is 1. The number of carbonyl (C=O) groups is 2. The molecule has 3 fully saturated rings. The summed E-state index contributed by atoms with van der Waals surface area (Å²) < 4.78 is 31.1. The van der Waals surface area contributed by atoms with E-state index in [0.717, 1.165) is 82.5 Å². The number of nitrogens with zero attached hydrogens (tertiary/aromatic N) is 6. The number of rotatable bonds is 18. The van der Waals surface area contributed by atoms with E-state index in [4.69, 9.17) is 28.2 Å². The Balaban J connectivity index is 0.000000374. The number of anilines is 4. The van der Waals surface area contributed by atoms with Crippen LogP contribution in [-0.2, 0) is 14.2 Å². The fourth-order valence-electron chi connectivity index (χ4n) is 7.70. The highest BCUT2D eigenvalue weighted by molar-refractivity contribution is 6.74. The highest BCUT2D eigenvalue weighted by Crippen LogP contribution is 2.37. The van der Waals surface area contributed by atoms with Crippen LogP contribution in [0.2, 0.25) is 18.1 Å². The Morgan fingerprint density at radius 2 is 1.04 bits per heavy atom. The topological polar surface area (TPSA) is 199 Å². The molecule has 0 atom stereocenters. The van der Waals surface area contributed by atoms with E-state index in [1.54, 1.807) is 24.7 Å². The van der Waals surface area contributed by atoms with Gasteiger partial charge in [-0.05, 0) is 79.5 Å². The van der Waals surface area contributed by atoms with E-state index in [1.807, 2.05) is 42.5 Å². The third-order valence-electron chi connectivity index (χ3n) is 13.2. The zero-order chi connectivity index (χ0) is 55.9. The van der Waals surface area contributed by atoms with Crippen molar-refractivity contribution >= 4 is 43.8 Å². The van der Waals surface area contributed by atoms with Crippen LogP contribution in [0.3, 0.4) is 0 Å². The lowest BCUT2D eigenvalue weighted by molar-refractivity contribution is 0.0941. The molecule has 0 spiro atoms. The Labute approximate surface area is 456 Å². The highest BCUT2D eigenvalue weighted by atomic mass is 28.4. The molecular weight excluding hydrogens is 982 g/mol. The highest BCUT2D eigenvalue weighted by Gasteiger charge is 2.39. The molecule has 0 bridgehead atoms. The predicted octanol–water partition coefficient (Wildman–Crippen LogP) is 14.8. The maximum absolute atomic E-state index is 12.3. The molecule has 16 nitrogen and oxygen atoms in total. The van der Waals surface area contributed by atoms with Gasteiger partial charge in [-0.25, -0.2) is 29.5 Å². The van der Waals surface area contributed by atoms with E-state index in [9.17, 15) is 9.59 Å². The zero-order valence-corrected chi connectivity index (χ0v) is 48.7. The molecule has 0 radical (unpaired) electrons. The molecule has 3 saturated heterocycles. The van der Waals surface area contributed by atoms with Crippen molar-refractivity contribution < 1.29 is 37.8 Å². The van der Waals surface area contributed by atoms with Gasteiger partial charge in [0.1, 0.15) is 47.0 Å². The number of nitrogens with two attached hydrogens (primary N) is 1. The number of amides is 2. The summed E-state index contributed by atoms with van der Waals surface area (Å²) in [7, 11) is -1.92. The number of pyridine rings is 4. The molecular formula is C58H96FN9O7Si. The Kier molecular flexibility index (Phi) is 34.8. The van der Waals surface area contributed by atoms with Crippen molar-refractivity contribution in [3.63, 3.8) is 0 Å². The number of unbranched alkanes of at least 4 members (excludes halogenated alkanes) is 10. The fourth-order valence-corrected chi connectivity index (χ4v) is 8.71. The molecule has 4 aromatic heterocycles.